The van der Waals surface area contributed by atoms with Crippen molar-refractivity contribution < 1.29 is 4.79 Å². The van der Waals surface area contributed by atoms with E-state index in [1.54, 1.807) is 0 Å². The molecule has 1 aromatic carbocycles. The maximum Gasteiger partial charge on any atom is 0.269 e. The summed E-state index contributed by atoms with van der Waals surface area (Å²) < 4.78 is 0. The molecule has 0 fully saturated rings. The maximum absolute atomic E-state index is 12.3. The van der Waals surface area contributed by atoms with Crippen LogP contribution in [0.25, 0.3) is 0 Å². The molecule has 5 nitrogen and oxygen atoms in total. The average molecular weight is 304 g/mol. The number of benzene rings is 1. The Morgan fingerprint density at radius 1 is 1.24 bits per heavy atom. The minimum absolute atomic E-state index is 0.230. The molecule has 2 aromatic rings. The van der Waals surface area contributed by atoms with E-state index in [1.165, 1.54) is 11.3 Å². The first-order valence-electron chi connectivity index (χ1n) is 6.77. The number of anilines is 3. The highest BCUT2D eigenvalue weighted by Crippen LogP contribution is 2.26. The number of amides is 1. The molecule has 0 aliphatic carbocycles. The number of nitrogens with two attached hydrogens (primary N) is 1. The second-order valence-electron chi connectivity index (χ2n) is 5.36. The monoisotopic (exact) mass is 304 g/mol. The van der Waals surface area contributed by atoms with E-state index < -0.39 is 0 Å². The van der Waals surface area contributed by atoms with Crippen LogP contribution in [-0.2, 0) is 0 Å². The van der Waals surface area contributed by atoms with Gasteiger partial charge < -0.3 is 16.4 Å². The fourth-order valence-electron chi connectivity index (χ4n) is 2.04. The van der Waals surface area contributed by atoms with Crippen LogP contribution in [0.2, 0.25) is 0 Å². The van der Waals surface area contributed by atoms with Gasteiger partial charge in [0, 0.05) is 11.7 Å². The number of thiazole rings is 1. The van der Waals surface area contributed by atoms with Gasteiger partial charge in [-0.1, -0.05) is 17.4 Å². The van der Waals surface area contributed by atoms with Crippen molar-refractivity contribution in [2.24, 2.45) is 0 Å². The number of nitrogens with zero attached hydrogens (tertiary/aromatic N) is 1. The molecule has 0 bridgehead atoms. The fraction of sp³-hybridized carbons (Fsp3) is 0.333. The van der Waals surface area contributed by atoms with Gasteiger partial charge in [0.25, 0.3) is 5.91 Å². The molecule has 0 atom stereocenters. The molecule has 112 valence electrons. The van der Waals surface area contributed by atoms with Gasteiger partial charge in [0.2, 0.25) is 0 Å². The van der Waals surface area contributed by atoms with Crippen molar-refractivity contribution in [3.8, 4) is 0 Å². The number of hydrogen-bond acceptors (Lipinski definition) is 5. The minimum atomic E-state index is -0.230. The SMILES string of the molecule is Cc1cc(C)cc(NC(=O)c2sc(NC(C)C)nc2N)c1. The van der Waals surface area contributed by atoms with Crippen LogP contribution in [0.1, 0.15) is 34.6 Å². The number of rotatable bonds is 4. The van der Waals surface area contributed by atoms with Gasteiger partial charge in [-0.2, -0.15) is 0 Å². The second kappa shape index (κ2) is 6.13. The predicted octanol–water partition coefficient (Wildman–Crippen LogP) is 3.41. The summed E-state index contributed by atoms with van der Waals surface area (Å²) in [5.74, 6) is 0.0248. The van der Waals surface area contributed by atoms with Crippen LogP contribution >= 0.6 is 11.3 Å². The lowest BCUT2D eigenvalue weighted by Crippen LogP contribution is -2.12. The standard InChI is InChI=1S/C15H20N4OS/c1-8(2)17-15-19-13(16)12(21-15)14(20)18-11-6-9(3)5-10(4)7-11/h5-8H,16H2,1-4H3,(H,17,19)(H,18,20). The van der Waals surface area contributed by atoms with E-state index in [0.29, 0.717) is 10.0 Å². The molecular weight excluding hydrogens is 284 g/mol. The molecule has 0 radical (unpaired) electrons. The summed E-state index contributed by atoms with van der Waals surface area (Å²) in [6, 6.07) is 6.15. The fourth-order valence-corrected chi connectivity index (χ4v) is 2.96. The predicted molar refractivity (Wildman–Crippen MR) is 89.2 cm³/mol. The third-order valence-corrected chi connectivity index (χ3v) is 3.75. The maximum atomic E-state index is 12.3. The lowest BCUT2D eigenvalue weighted by molar-refractivity contribution is 0.103. The third-order valence-electron chi connectivity index (χ3n) is 2.75. The summed E-state index contributed by atoms with van der Waals surface area (Å²) in [6.07, 6.45) is 0. The van der Waals surface area contributed by atoms with Crippen LogP contribution in [0.15, 0.2) is 18.2 Å². The van der Waals surface area contributed by atoms with E-state index in [1.807, 2.05) is 39.8 Å². The van der Waals surface area contributed by atoms with E-state index in [0.717, 1.165) is 16.8 Å². The molecule has 0 saturated heterocycles. The molecule has 0 spiro atoms. The zero-order valence-electron chi connectivity index (χ0n) is 12.7. The van der Waals surface area contributed by atoms with Gasteiger partial charge in [-0.3, -0.25) is 4.79 Å². The highest BCUT2D eigenvalue weighted by Gasteiger charge is 2.17. The highest BCUT2D eigenvalue weighted by molar-refractivity contribution is 7.18. The number of nitrogens with one attached hydrogen (secondary N) is 2. The molecule has 1 heterocycles. The zero-order chi connectivity index (χ0) is 15.6. The molecule has 2 rings (SSSR count). The molecule has 4 N–H and O–H groups in total. The molecular formula is C15H20N4OS. The molecule has 0 saturated carbocycles. The Morgan fingerprint density at radius 2 is 1.86 bits per heavy atom. The minimum Gasteiger partial charge on any atom is -0.382 e. The Balaban J connectivity index is 2.18. The normalized spacial score (nSPS) is 10.7. The number of aromatic nitrogens is 1. The lowest BCUT2D eigenvalue weighted by Gasteiger charge is -2.06. The molecule has 0 unspecified atom stereocenters. The van der Waals surface area contributed by atoms with Crippen LogP contribution in [0.5, 0.6) is 0 Å². The van der Waals surface area contributed by atoms with Crippen LogP contribution < -0.4 is 16.4 Å². The molecule has 21 heavy (non-hydrogen) atoms. The van der Waals surface area contributed by atoms with Crippen LogP contribution in [0.4, 0.5) is 16.6 Å². The van der Waals surface area contributed by atoms with E-state index in [2.05, 4.69) is 21.7 Å². The Kier molecular flexibility index (Phi) is 4.47. The molecule has 1 amide bonds. The number of aryl methyl sites for hydroxylation is 2. The number of hydrogen-bond donors (Lipinski definition) is 3. The van der Waals surface area contributed by atoms with Gasteiger partial charge in [-0.25, -0.2) is 4.98 Å². The van der Waals surface area contributed by atoms with Gasteiger partial charge in [0.1, 0.15) is 10.7 Å². The average Bonchev–Trinajstić information content (AvgIpc) is 2.67. The van der Waals surface area contributed by atoms with Crippen LogP contribution in [0.3, 0.4) is 0 Å². The summed E-state index contributed by atoms with van der Waals surface area (Å²) in [6.45, 7) is 8.00. The Morgan fingerprint density at radius 3 is 2.43 bits per heavy atom. The van der Waals surface area contributed by atoms with Crippen LogP contribution in [-0.4, -0.2) is 16.9 Å². The Bertz CT molecular complexity index is 643. The first-order chi connectivity index (χ1) is 9.85. The molecule has 0 aliphatic rings. The van der Waals surface area contributed by atoms with Gasteiger partial charge >= 0.3 is 0 Å². The topological polar surface area (TPSA) is 80.0 Å². The van der Waals surface area contributed by atoms with E-state index in [4.69, 9.17) is 5.73 Å². The number of carbonyl (C=O) groups excluding carboxylic acids is 1. The highest BCUT2D eigenvalue weighted by atomic mass is 32.1. The van der Waals surface area contributed by atoms with Gasteiger partial charge in [-0.05, 0) is 51.0 Å². The van der Waals surface area contributed by atoms with Crippen LogP contribution in [0, 0.1) is 13.8 Å². The zero-order valence-corrected chi connectivity index (χ0v) is 13.5. The third kappa shape index (κ3) is 3.95. The Labute approximate surface area is 128 Å². The number of carbonyl (C=O) groups is 1. The van der Waals surface area contributed by atoms with Crippen molar-refractivity contribution in [3.05, 3.63) is 34.2 Å². The van der Waals surface area contributed by atoms with Crippen molar-refractivity contribution >= 4 is 33.9 Å². The van der Waals surface area contributed by atoms with Gasteiger partial charge in [-0.15, -0.1) is 0 Å². The summed E-state index contributed by atoms with van der Waals surface area (Å²) in [4.78, 5) is 16.9. The van der Waals surface area contributed by atoms with Crippen molar-refractivity contribution in [1.29, 1.82) is 0 Å². The smallest absolute Gasteiger partial charge is 0.269 e. The van der Waals surface area contributed by atoms with Gasteiger partial charge in [0.15, 0.2) is 5.13 Å². The van der Waals surface area contributed by atoms with E-state index in [-0.39, 0.29) is 17.8 Å². The largest absolute Gasteiger partial charge is 0.382 e. The van der Waals surface area contributed by atoms with Crippen molar-refractivity contribution in [2.45, 2.75) is 33.7 Å². The van der Waals surface area contributed by atoms with Crippen molar-refractivity contribution in [1.82, 2.24) is 4.98 Å². The molecule has 0 aliphatic heterocycles. The first kappa shape index (κ1) is 15.3. The second-order valence-corrected chi connectivity index (χ2v) is 6.36. The summed E-state index contributed by atoms with van der Waals surface area (Å²) in [5, 5.41) is 6.68. The Hall–Kier alpha value is -2.08. The number of nitrogen functional groups attached to an aromatic ring is 1. The lowest BCUT2D eigenvalue weighted by atomic mass is 10.1. The van der Waals surface area contributed by atoms with Crippen molar-refractivity contribution in [3.63, 3.8) is 0 Å². The van der Waals surface area contributed by atoms with Crippen molar-refractivity contribution in [2.75, 3.05) is 16.4 Å². The van der Waals surface area contributed by atoms with E-state index in [9.17, 15) is 4.79 Å². The summed E-state index contributed by atoms with van der Waals surface area (Å²) >= 11 is 1.26. The quantitative estimate of drug-likeness (QED) is 0.808. The first-order valence-corrected chi connectivity index (χ1v) is 7.59. The van der Waals surface area contributed by atoms with E-state index >= 15 is 0 Å². The summed E-state index contributed by atoms with van der Waals surface area (Å²) in [7, 11) is 0. The molecule has 6 heteroatoms. The van der Waals surface area contributed by atoms with Gasteiger partial charge in [0.05, 0.1) is 0 Å². The summed E-state index contributed by atoms with van der Waals surface area (Å²) in [5.41, 5.74) is 8.80. The molecule has 1 aromatic heterocycles.